The molecule has 0 saturated heterocycles. The lowest BCUT2D eigenvalue weighted by Gasteiger charge is -2.05. The first-order valence-electron chi connectivity index (χ1n) is 5.34. The zero-order chi connectivity index (χ0) is 12.0. The van der Waals surface area contributed by atoms with Crippen LogP contribution in [0, 0.1) is 0 Å². The fraction of sp³-hybridized carbons (Fsp3) is 0.0714. The third kappa shape index (κ3) is 1.50. The van der Waals surface area contributed by atoms with Crippen LogP contribution in [0.2, 0.25) is 10.0 Å². The second kappa shape index (κ2) is 3.86. The molecule has 2 aromatic carbocycles. The van der Waals surface area contributed by atoms with Gasteiger partial charge in [0.25, 0.3) is 0 Å². The molecule has 0 amide bonds. The number of aryl methyl sites for hydroxylation is 1. The Kier molecular flexibility index (Phi) is 2.46. The summed E-state index contributed by atoms with van der Waals surface area (Å²) in [6.45, 7) is 0. The molecular formula is C14H10Cl2N+. The molecule has 0 aliphatic heterocycles. The van der Waals surface area contributed by atoms with Crippen molar-refractivity contribution in [1.29, 1.82) is 0 Å². The van der Waals surface area contributed by atoms with Crippen LogP contribution in [0.15, 0.2) is 42.5 Å². The van der Waals surface area contributed by atoms with E-state index in [4.69, 9.17) is 23.2 Å². The number of aromatic nitrogens is 1. The van der Waals surface area contributed by atoms with Crippen LogP contribution in [0.25, 0.3) is 21.8 Å². The van der Waals surface area contributed by atoms with Gasteiger partial charge in [-0.15, -0.1) is 0 Å². The van der Waals surface area contributed by atoms with Gasteiger partial charge in [-0.2, -0.15) is 4.57 Å². The summed E-state index contributed by atoms with van der Waals surface area (Å²) < 4.78 is 2.11. The largest absolute Gasteiger partial charge is 0.215 e. The second-order valence-electron chi connectivity index (χ2n) is 4.02. The van der Waals surface area contributed by atoms with E-state index in [0.29, 0.717) is 5.02 Å². The fourth-order valence-electron chi connectivity index (χ4n) is 2.23. The van der Waals surface area contributed by atoms with E-state index in [0.717, 1.165) is 26.8 Å². The van der Waals surface area contributed by atoms with Crippen molar-refractivity contribution in [3.63, 3.8) is 0 Å². The summed E-state index contributed by atoms with van der Waals surface area (Å²) in [5, 5.41) is 3.35. The number of hydrogen-bond donors (Lipinski definition) is 0. The Labute approximate surface area is 109 Å². The molecule has 84 valence electrons. The minimum atomic E-state index is 0.689. The molecule has 0 N–H and O–H groups in total. The quantitative estimate of drug-likeness (QED) is 0.424. The summed E-state index contributed by atoms with van der Waals surface area (Å²) in [7, 11) is 2.03. The normalized spacial score (nSPS) is 11.2. The molecule has 0 saturated carbocycles. The summed E-state index contributed by atoms with van der Waals surface area (Å²) in [5.41, 5.74) is 2.15. The highest BCUT2D eigenvalue weighted by Crippen LogP contribution is 2.33. The van der Waals surface area contributed by atoms with Gasteiger partial charge in [0.15, 0.2) is 0 Å². The van der Waals surface area contributed by atoms with Crippen LogP contribution in [0.1, 0.15) is 0 Å². The maximum Gasteiger partial charge on any atom is 0.215 e. The van der Waals surface area contributed by atoms with E-state index in [-0.39, 0.29) is 0 Å². The first-order valence-corrected chi connectivity index (χ1v) is 6.10. The van der Waals surface area contributed by atoms with Crippen LogP contribution in [-0.2, 0) is 7.05 Å². The number of halogens is 2. The smallest absolute Gasteiger partial charge is 0.194 e. The Morgan fingerprint density at radius 1 is 0.882 bits per heavy atom. The number of benzene rings is 2. The molecule has 0 unspecified atom stereocenters. The van der Waals surface area contributed by atoms with Gasteiger partial charge in [-0.3, -0.25) is 0 Å². The van der Waals surface area contributed by atoms with Crippen LogP contribution < -0.4 is 4.57 Å². The van der Waals surface area contributed by atoms with Crippen LogP contribution in [0.4, 0.5) is 0 Å². The van der Waals surface area contributed by atoms with E-state index < -0.39 is 0 Å². The molecule has 3 rings (SSSR count). The lowest BCUT2D eigenvalue weighted by molar-refractivity contribution is -0.617. The molecule has 1 heterocycles. The van der Waals surface area contributed by atoms with E-state index in [1.807, 2.05) is 43.4 Å². The summed E-state index contributed by atoms with van der Waals surface area (Å²) in [5.74, 6) is 0. The van der Waals surface area contributed by atoms with Crippen molar-refractivity contribution in [3.8, 4) is 0 Å². The van der Waals surface area contributed by atoms with Gasteiger partial charge in [0.1, 0.15) is 7.05 Å². The molecule has 0 radical (unpaired) electrons. The third-order valence-corrected chi connectivity index (χ3v) is 3.78. The zero-order valence-electron chi connectivity index (χ0n) is 9.24. The SMILES string of the molecule is C[n+]1c2ccccc2c(Cl)c2c(Cl)cccc21. The summed E-state index contributed by atoms with van der Waals surface area (Å²) in [6.07, 6.45) is 0. The fourth-order valence-corrected chi connectivity index (χ4v) is 2.90. The molecule has 3 aromatic rings. The van der Waals surface area contributed by atoms with Gasteiger partial charge in [0.05, 0.1) is 20.8 Å². The van der Waals surface area contributed by atoms with Gasteiger partial charge >= 0.3 is 0 Å². The summed E-state index contributed by atoms with van der Waals surface area (Å²) >= 11 is 12.7. The number of pyridine rings is 1. The molecule has 1 aromatic heterocycles. The highest BCUT2D eigenvalue weighted by molar-refractivity contribution is 6.44. The highest BCUT2D eigenvalue weighted by atomic mass is 35.5. The van der Waals surface area contributed by atoms with Crippen LogP contribution in [-0.4, -0.2) is 0 Å². The topological polar surface area (TPSA) is 3.88 Å². The molecule has 0 aliphatic rings. The van der Waals surface area contributed by atoms with Crippen molar-refractivity contribution in [2.45, 2.75) is 0 Å². The molecule has 0 fully saturated rings. The van der Waals surface area contributed by atoms with Gasteiger partial charge in [-0.05, 0) is 12.1 Å². The Morgan fingerprint density at radius 2 is 1.59 bits per heavy atom. The predicted octanol–water partition coefficient (Wildman–Crippen LogP) is 4.12. The van der Waals surface area contributed by atoms with Gasteiger partial charge < -0.3 is 0 Å². The standard InChI is InChI=1S/C14H10Cl2N/c1-17-11-7-3-2-5-9(11)14(16)13-10(15)6-4-8-12(13)17/h2-8H,1H3/q+1. The van der Waals surface area contributed by atoms with Gasteiger partial charge in [0, 0.05) is 12.1 Å². The Hall–Kier alpha value is -1.31. The average molecular weight is 263 g/mol. The molecule has 0 bridgehead atoms. The zero-order valence-corrected chi connectivity index (χ0v) is 10.8. The lowest BCUT2D eigenvalue weighted by atomic mass is 10.1. The third-order valence-electron chi connectivity index (χ3n) is 3.07. The first-order chi connectivity index (χ1) is 8.20. The molecule has 0 spiro atoms. The first kappa shape index (κ1) is 10.8. The number of rotatable bonds is 0. The van der Waals surface area contributed by atoms with Gasteiger partial charge in [-0.25, -0.2) is 0 Å². The number of para-hydroxylation sites is 1. The number of fused-ring (bicyclic) bond motifs is 2. The maximum atomic E-state index is 6.45. The van der Waals surface area contributed by atoms with Crippen LogP contribution in [0.3, 0.4) is 0 Å². The molecule has 17 heavy (non-hydrogen) atoms. The van der Waals surface area contributed by atoms with Crippen LogP contribution >= 0.6 is 23.2 Å². The van der Waals surface area contributed by atoms with Crippen molar-refractivity contribution in [2.24, 2.45) is 7.05 Å². The molecule has 3 heteroatoms. The predicted molar refractivity (Wildman–Crippen MR) is 72.7 cm³/mol. The lowest BCUT2D eigenvalue weighted by Crippen LogP contribution is -2.30. The molecule has 1 nitrogen and oxygen atoms in total. The van der Waals surface area contributed by atoms with E-state index in [1.54, 1.807) is 0 Å². The highest BCUT2D eigenvalue weighted by Gasteiger charge is 2.17. The van der Waals surface area contributed by atoms with Gasteiger partial charge in [0.2, 0.25) is 11.0 Å². The Balaban J connectivity index is 2.69. The van der Waals surface area contributed by atoms with Crippen molar-refractivity contribution in [2.75, 3.05) is 0 Å². The average Bonchev–Trinajstić information content (AvgIpc) is 2.36. The minimum absolute atomic E-state index is 0.689. The van der Waals surface area contributed by atoms with Crippen molar-refractivity contribution in [1.82, 2.24) is 0 Å². The number of nitrogens with zero attached hydrogens (tertiary/aromatic N) is 1. The Bertz CT molecular complexity index is 735. The summed E-state index contributed by atoms with van der Waals surface area (Å²) in [4.78, 5) is 0. The minimum Gasteiger partial charge on any atom is -0.194 e. The van der Waals surface area contributed by atoms with Crippen molar-refractivity contribution < 1.29 is 4.57 Å². The number of hydrogen-bond acceptors (Lipinski definition) is 0. The van der Waals surface area contributed by atoms with E-state index in [9.17, 15) is 0 Å². The van der Waals surface area contributed by atoms with Gasteiger partial charge in [-0.1, -0.05) is 41.4 Å². The van der Waals surface area contributed by atoms with Crippen LogP contribution in [0.5, 0.6) is 0 Å². The monoisotopic (exact) mass is 262 g/mol. The second-order valence-corrected chi connectivity index (χ2v) is 4.81. The van der Waals surface area contributed by atoms with E-state index in [2.05, 4.69) is 10.6 Å². The maximum absolute atomic E-state index is 6.45. The van der Waals surface area contributed by atoms with Crippen molar-refractivity contribution >= 4 is 45.0 Å². The van der Waals surface area contributed by atoms with E-state index >= 15 is 0 Å². The summed E-state index contributed by atoms with van der Waals surface area (Å²) in [6, 6.07) is 13.9. The van der Waals surface area contributed by atoms with Crippen molar-refractivity contribution in [3.05, 3.63) is 52.5 Å². The molecular weight excluding hydrogens is 253 g/mol. The molecule has 0 atom stereocenters. The van der Waals surface area contributed by atoms with E-state index in [1.165, 1.54) is 0 Å². The Morgan fingerprint density at radius 3 is 2.41 bits per heavy atom. The molecule has 0 aliphatic carbocycles.